The number of hydrogen-bond acceptors (Lipinski definition) is 5. The molecule has 144 valence electrons. The van der Waals surface area contributed by atoms with Gasteiger partial charge in [0.2, 0.25) is 5.91 Å². The summed E-state index contributed by atoms with van der Waals surface area (Å²) in [5.41, 5.74) is 7.80. The first-order chi connectivity index (χ1) is 13.6. The van der Waals surface area contributed by atoms with E-state index in [1.807, 2.05) is 24.3 Å². The van der Waals surface area contributed by atoms with Crippen LogP contribution in [-0.4, -0.2) is 27.5 Å². The highest BCUT2D eigenvalue weighted by Gasteiger charge is 2.37. The Morgan fingerprint density at radius 3 is 1.96 bits per heavy atom. The smallest absolute Gasteiger partial charge is 0.242 e. The maximum absolute atomic E-state index is 12.6. The number of rotatable bonds is 9. The molecule has 0 saturated heterocycles. The van der Waals surface area contributed by atoms with Crippen LogP contribution >= 0.6 is 0 Å². The van der Waals surface area contributed by atoms with E-state index in [0.717, 1.165) is 23.1 Å². The number of primary amides is 1. The fourth-order valence-corrected chi connectivity index (χ4v) is 3.28. The minimum absolute atomic E-state index is 0.146. The van der Waals surface area contributed by atoms with E-state index in [1.54, 1.807) is 49.1 Å². The molecule has 0 bridgehead atoms. The van der Waals surface area contributed by atoms with E-state index >= 15 is 0 Å². The molecule has 1 amide bonds. The zero-order valence-corrected chi connectivity index (χ0v) is 15.6. The molecule has 1 aromatic carbocycles. The average Bonchev–Trinajstić information content (AvgIpc) is 2.72. The summed E-state index contributed by atoms with van der Waals surface area (Å²) in [5.74, 6) is -0.296. The van der Waals surface area contributed by atoms with Gasteiger partial charge in [0.1, 0.15) is 11.3 Å². The lowest BCUT2D eigenvalue weighted by Gasteiger charge is -2.33. The maximum atomic E-state index is 12.6. The predicted octanol–water partition coefficient (Wildman–Crippen LogP) is 2.33. The highest BCUT2D eigenvalue weighted by Crippen LogP contribution is 2.28. The van der Waals surface area contributed by atoms with Gasteiger partial charge >= 0.3 is 0 Å². The van der Waals surface area contributed by atoms with Crippen molar-refractivity contribution in [1.29, 1.82) is 0 Å². The van der Waals surface area contributed by atoms with Crippen molar-refractivity contribution >= 4 is 5.91 Å². The van der Waals surface area contributed by atoms with E-state index in [-0.39, 0.29) is 5.75 Å². The topological polar surface area (TPSA) is 101 Å². The minimum Gasteiger partial charge on any atom is -0.508 e. The van der Waals surface area contributed by atoms with Gasteiger partial charge in [0.25, 0.3) is 0 Å². The second kappa shape index (κ2) is 9.10. The van der Waals surface area contributed by atoms with Crippen molar-refractivity contribution in [2.24, 2.45) is 5.73 Å². The number of carbonyl (C=O) groups excluding carboxylic acids is 1. The van der Waals surface area contributed by atoms with E-state index in [1.165, 1.54) is 0 Å². The summed E-state index contributed by atoms with van der Waals surface area (Å²) >= 11 is 0. The molecule has 1 unspecified atom stereocenters. The number of amides is 1. The first-order valence-electron chi connectivity index (χ1n) is 9.22. The van der Waals surface area contributed by atoms with Crippen LogP contribution in [0.25, 0.3) is 0 Å². The molecule has 0 aliphatic rings. The van der Waals surface area contributed by atoms with Crippen molar-refractivity contribution in [3.8, 4) is 5.75 Å². The van der Waals surface area contributed by atoms with Gasteiger partial charge in [0.05, 0.1) is 0 Å². The Morgan fingerprint density at radius 1 is 0.893 bits per heavy atom. The molecule has 0 fully saturated rings. The van der Waals surface area contributed by atoms with E-state index in [2.05, 4.69) is 15.3 Å². The summed E-state index contributed by atoms with van der Waals surface area (Å²) in [4.78, 5) is 20.7. The molecule has 0 saturated carbocycles. The number of aromatic hydroxyl groups is 1. The van der Waals surface area contributed by atoms with Crippen molar-refractivity contribution in [1.82, 2.24) is 15.3 Å². The van der Waals surface area contributed by atoms with E-state index in [0.29, 0.717) is 19.4 Å². The number of nitrogens with two attached hydrogens (primary N) is 1. The van der Waals surface area contributed by atoms with Crippen LogP contribution in [0.2, 0.25) is 0 Å². The summed E-state index contributed by atoms with van der Waals surface area (Å²) < 4.78 is 0. The van der Waals surface area contributed by atoms with Crippen LogP contribution in [0.3, 0.4) is 0 Å². The highest BCUT2D eigenvalue weighted by atomic mass is 16.3. The quantitative estimate of drug-likeness (QED) is 0.532. The van der Waals surface area contributed by atoms with Crippen LogP contribution in [-0.2, 0) is 23.2 Å². The number of benzene rings is 1. The number of carbonyl (C=O) groups is 1. The van der Waals surface area contributed by atoms with Gasteiger partial charge in [-0.15, -0.1) is 0 Å². The summed E-state index contributed by atoms with van der Waals surface area (Å²) in [5, 5.41) is 13.0. The molecule has 3 rings (SSSR count). The molecule has 6 heteroatoms. The minimum atomic E-state index is -1.04. The Kier molecular flexibility index (Phi) is 6.34. The van der Waals surface area contributed by atoms with Crippen molar-refractivity contribution in [3.63, 3.8) is 0 Å². The normalized spacial score (nSPS) is 13.0. The van der Waals surface area contributed by atoms with Crippen molar-refractivity contribution in [2.75, 3.05) is 6.54 Å². The van der Waals surface area contributed by atoms with E-state index in [9.17, 15) is 9.90 Å². The Labute approximate surface area is 164 Å². The second-order valence-electron chi connectivity index (χ2n) is 6.70. The lowest BCUT2D eigenvalue weighted by atomic mass is 9.83. The van der Waals surface area contributed by atoms with Gasteiger partial charge in [-0.3, -0.25) is 20.1 Å². The standard InChI is InChI=1S/C22H24N4O2/c23-21(28)22(19-1-3-20(27)4-2-19,11-5-17-6-12-24-13-7-17)26-16-10-18-8-14-25-15-9-18/h1-4,6-9,12-15,26-27H,5,10-11,16H2,(H2,23,28). The Balaban J connectivity index is 1.83. The van der Waals surface area contributed by atoms with Gasteiger partial charge in [0.15, 0.2) is 0 Å². The van der Waals surface area contributed by atoms with Gasteiger partial charge in [-0.25, -0.2) is 0 Å². The first-order valence-corrected chi connectivity index (χ1v) is 9.22. The first kappa shape index (κ1) is 19.5. The average molecular weight is 376 g/mol. The Morgan fingerprint density at radius 2 is 1.43 bits per heavy atom. The molecule has 28 heavy (non-hydrogen) atoms. The number of pyridine rings is 2. The summed E-state index contributed by atoms with van der Waals surface area (Å²) in [6.45, 7) is 0.574. The fourth-order valence-electron chi connectivity index (χ4n) is 3.28. The van der Waals surface area contributed by atoms with Gasteiger partial charge < -0.3 is 10.8 Å². The molecule has 1 atom stereocenters. The summed E-state index contributed by atoms with van der Waals surface area (Å²) in [6, 6.07) is 14.4. The number of nitrogens with one attached hydrogen (secondary N) is 1. The van der Waals surface area contributed by atoms with Crippen LogP contribution in [0.1, 0.15) is 23.1 Å². The third-order valence-corrected chi connectivity index (χ3v) is 4.91. The number of hydrogen-bond donors (Lipinski definition) is 3. The molecule has 3 aromatic rings. The number of nitrogens with zero attached hydrogens (tertiary/aromatic N) is 2. The number of phenolic OH excluding ortho intramolecular Hbond substituents is 1. The van der Waals surface area contributed by atoms with Crippen molar-refractivity contribution in [3.05, 3.63) is 90.0 Å². The van der Waals surface area contributed by atoms with Crippen LogP contribution in [0.5, 0.6) is 5.75 Å². The molecular formula is C22H24N4O2. The number of aryl methyl sites for hydroxylation is 1. The van der Waals surface area contributed by atoms with Crippen molar-refractivity contribution in [2.45, 2.75) is 24.8 Å². The van der Waals surface area contributed by atoms with Crippen LogP contribution in [0.4, 0.5) is 0 Å². The molecular weight excluding hydrogens is 352 g/mol. The van der Waals surface area contributed by atoms with E-state index < -0.39 is 11.4 Å². The molecule has 2 heterocycles. The van der Waals surface area contributed by atoms with Crippen LogP contribution < -0.4 is 11.1 Å². The lowest BCUT2D eigenvalue weighted by Crippen LogP contribution is -2.53. The SMILES string of the molecule is NC(=O)C(CCc1ccncc1)(NCCc1ccncc1)c1ccc(O)cc1. The molecule has 0 aliphatic carbocycles. The Bertz CT molecular complexity index is 885. The van der Waals surface area contributed by atoms with E-state index in [4.69, 9.17) is 5.73 Å². The monoisotopic (exact) mass is 376 g/mol. The van der Waals surface area contributed by atoms with Crippen LogP contribution in [0.15, 0.2) is 73.3 Å². The van der Waals surface area contributed by atoms with Gasteiger partial charge in [-0.1, -0.05) is 12.1 Å². The van der Waals surface area contributed by atoms with Gasteiger partial charge in [-0.05, 0) is 72.4 Å². The lowest BCUT2D eigenvalue weighted by molar-refractivity contribution is -0.125. The van der Waals surface area contributed by atoms with Crippen molar-refractivity contribution < 1.29 is 9.90 Å². The predicted molar refractivity (Wildman–Crippen MR) is 107 cm³/mol. The third-order valence-electron chi connectivity index (χ3n) is 4.91. The molecule has 4 N–H and O–H groups in total. The zero-order valence-electron chi connectivity index (χ0n) is 15.6. The molecule has 0 radical (unpaired) electrons. The second-order valence-corrected chi connectivity index (χ2v) is 6.70. The Hall–Kier alpha value is -3.25. The highest BCUT2D eigenvalue weighted by molar-refractivity contribution is 5.86. The fraction of sp³-hybridized carbons (Fsp3) is 0.227. The number of aromatic nitrogens is 2. The molecule has 6 nitrogen and oxygen atoms in total. The van der Waals surface area contributed by atoms with Gasteiger partial charge in [0, 0.05) is 31.3 Å². The molecule has 0 spiro atoms. The van der Waals surface area contributed by atoms with Gasteiger partial charge in [-0.2, -0.15) is 0 Å². The summed E-state index contributed by atoms with van der Waals surface area (Å²) in [7, 11) is 0. The van der Waals surface area contributed by atoms with Crippen LogP contribution in [0, 0.1) is 0 Å². The zero-order chi connectivity index (χ0) is 19.8. The summed E-state index contributed by atoms with van der Waals surface area (Å²) in [6.07, 6.45) is 8.87. The third kappa shape index (κ3) is 4.72. The largest absolute Gasteiger partial charge is 0.508 e. The molecule has 0 aliphatic heterocycles. The maximum Gasteiger partial charge on any atom is 0.242 e. The molecule has 2 aromatic heterocycles. The number of phenols is 1.